The predicted molar refractivity (Wildman–Crippen MR) is 108 cm³/mol. The molecule has 0 bridgehead atoms. The summed E-state index contributed by atoms with van der Waals surface area (Å²) >= 11 is 0. The Morgan fingerprint density at radius 3 is 2.66 bits per heavy atom. The van der Waals surface area contributed by atoms with Gasteiger partial charge in [-0.1, -0.05) is 0 Å². The molecule has 1 amide bonds. The highest BCUT2D eigenvalue weighted by Gasteiger charge is 2.43. The molecule has 1 aromatic carbocycles. The second kappa shape index (κ2) is 7.78. The van der Waals surface area contributed by atoms with E-state index in [-0.39, 0.29) is 22.9 Å². The minimum absolute atomic E-state index is 0.0896. The van der Waals surface area contributed by atoms with Gasteiger partial charge in [0, 0.05) is 33.9 Å². The molecule has 1 aliphatic rings. The fraction of sp³-hybridized carbons (Fsp3) is 0.278. The van der Waals surface area contributed by atoms with Crippen LogP contribution < -0.4 is 14.8 Å². The number of nitrogens with one attached hydrogen (secondary N) is 1. The number of rotatable bonds is 5. The summed E-state index contributed by atoms with van der Waals surface area (Å²) in [6.45, 7) is 1.66. The van der Waals surface area contributed by atoms with Gasteiger partial charge in [-0.05, 0) is 25.1 Å². The number of benzene rings is 1. The first-order valence-corrected chi connectivity index (χ1v) is 11.4. The maximum Gasteiger partial charge on any atom is 0.586 e. The molecule has 0 aliphatic carbocycles. The molecule has 0 saturated heterocycles. The third-order valence-electron chi connectivity index (χ3n) is 4.14. The fourth-order valence-corrected chi connectivity index (χ4v) is 3.44. The number of alkyl halides is 2. The van der Waals surface area contributed by atoms with Gasteiger partial charge in [0.15, 0.2) is 29.0 Å². The van der Waals surface area contributed by atoms with Gasteiger partial charge in [0.1, 0.15) is 12.7 Å². The van der Waals surface area contributed by atoms with Gasteiger partial charge in [0.2, 0.25) is 0 Å². The van der Waals surface area contributed by atoms with Crippen molar-refractivity contribution >= 4 is 21.5 Å². The van der Waals surface area contributed by atoms with Gasteiger partial charge in [0.25, 0.3) is 5.91 Å². The maximum atomic E-state index is 13.2. The highest BCUT2D eigenvalue weighted by Crippen LogP contribution is 2.41. The van der Waals surface area contributed by atoms with E-state index in [2.05, 4.69) is 39.2 Å². The summed E-state index contributed by atoms with van der Waals surface area (Å²) in [5.41, 5.74) is 0.0896. The van der Waals surface area contributed by atoms with Crippen LogP contribution in [-0.2, 0) is 9.73 Å². The number of aromatic nitrogens is 5. The molecule has 3 heterocycles. The number of hydrogen-bond acceptors (Lipinski definition) is 9. The molecular formula is C18H17F2N7O4S. The van der Waals surface area contributed by atoms with Crippen LogP contribution in [0.25, 0.3) is 5.82 Å². The van der Waals surface area contributed by atoms with Crippen LogP contribution >= 0.6 is 0 Å². The van der Waals surface area contributed by atoms with Crippen LogP contribution in [0.3, 0.4) is 0 Å². The zero-order chi connectivity index (χ0) is 23.1. The molecule has 11 nitrogen and oxygen atoms in total. The average Bonchev–Trinajstić information content (AvgIpc) is 3.29. The van der Waals surface area contributed by atoms with Crippen molar-refractivity contribution in [1.29, 1.82) is 0 Å². The first-order chi connectivity index (χ1) is 15.0. The average molecular weight is 465 g/mol. The molecular weight excluding hydrogens is 448 g/mol. The number of ether oxygens (including phenoxy) is 2. The third-order valence-corrected chi connectivity index (χ3v) is 4.77. The molecule has 1 N–H and O–H groups in total. The van der Waals surface area contributed by atoms with Gasteiger partial charge in [-0.2, -0.15) is 14.1 Å². The molecule has 0 fully saturated rings. The Hall–Kier alpha value is -3.68. The van der Waals surface area contributed by atoms with E-state index in [1.807, 2.05) is 0 Å². The van der Waals surface area contributed by atoms with Crippen molar-refractivity contribution in [1.82, 2.24) is 30.0 Å². The lowest BCUT2D eigenvalue weighted by atomic mass is 10.1. The topological polar surface area (TPSA) is 133 Å². The zero-order valence-electron chi connectivity index (χ0n) is 17.0. The summed E-state index contributed by atoms with van der Waals surface area (Å²) in [7, 11) is -2.43. The molecule has 0 unspecified atom stereocenters. The van der Waals surface area contributed by atoms with E-state index >= 15 is 0 Å². The standard InChI is InChI=1S/C18H17F2N7O4S/c1-10(25-17(28)11-4-5-12-13(6-11)31-18(19,20)30-12)16-23-9-24-27(16)15-7-14(21-8-22-15)26-32(2,3)29/h4-10H,1-3H3,(H,25,28)/t10-/m0/s1. The molecule has 3 aromatic rings. The third kappa shape index (κ3) is 4.64. The van der Waals surface area contributed by atoms with E-state index in [1.54, 1.807) is 6.92 Å². The molecule has 168 valence electrons. The highest BCUT2D eigenvalue weighted by molar-refractivity contribution is 7.92. The second-order valence-electron chi connectivity index (χ2n) is 7.06. The number of hydrogen-bond donors (Lipinski definition) is 1. The first kappa shape index (κ1) is 21.5. The lowest BCUT2D eigenvalue weighted by molar-refractivity contribution is -0.286. The molecule has 14 heteroatoms. The van der Waals surface area contributed by atoms with Crippen molar-refractivity contribution in [2.45, 2.75) is 19.3 Å². The van der Waals surface area contributed by atoms with E-state index in [1.165, 1.54) is 48.0 Å². The molecule has 1 aliphatic heterocycles. The number of fused-ring (bicyclic) bond motifs is 1. The number of halogens is 2. The molecule has 32 heavy (non-hydrogen) atoms. The van der Waals surface area contributed by atoms with E-state index in [4.69, 9.17) is 0 Å². The molecule has 0 saturated carbocycles. The van der Waals surface area contributed by atoms with Gasteiger partial charge >= 0.3 is 6.29 Å². The van der Waals surface area contributed by atoms with Gasteiger partial charge in [-0.25, -0.2) is 19.2 Å². The minimum atomic E-state index is -3.77. The molecule has 1 atom stereocenters. The molecule has 0 radical (unpaired) electrons. The number of amides is 1. The van der Waals surface area contributed by atoms with Gasteiger partial charge in [-0.15, -0.1) is 8.78 Å². The Balaban J connectivity index is 1.55. The number of nitrogens with zero attached hydrogens (tertiary/aromatic N) is 6. The zero-order valence-corrected chi connectivity index (χ0v) is 17.8. The summed E-state index contributed by atoms with van der Waals surface area (Å²) in [6, 6.07) is 4.56. The normalized spacial score (nSPS) is 15.3. The van der Waals surface area contributed by atoms with E-state index in [0.29, 0.717) is 11.6 Å². The Morgan fingerprint density at radius 1 is 1.16 bits per heavy atom. The summed E-state index contributed by atoms with van der Waals surface area (Å²) < 4.78 is 52.4. The lowest BCUT2D eigenvalue weighted by Gasteiger charge is -2.14. The van der Waals surface area contributed by atoms with Crippen LogP contribution in [0.1, 0.15) is 29.1 Å². The predicted octanol–water partition coefficient (Wildman–Crippen LogP) is 2.23. The summed E-state index contributed by atoms with van der Waals surface area (Å²) in [6.07, 6.45) is 1.71. The van der Waals surface area contributed by atoms with Crippen molar-refractivity contribution in [3.05, 3.63) is 48.3 Å². The van der Waals surface area contributed by atoms with Crippen LogP contribution in [0.15, 0.2) is 41.3 Å². The minimum Gasteiger partial charge on any atom is -0.395 e. The quantitative estimate of drug-likeness (QED) is 0.606. The smallest absolute Gasteiger partial charge is 0.395 e. The largest absolute Gasteiger partial charge is 0.586 e. The molecule has 2 aromatic heterocycles. The number of carbonyl (C=O) groups excluding carboxylic acids is 1. The van der Waals surface area contributed by atoms with Gasteiger partial charge in [-0.3, -0.25) is 4.79 Å². The summed E-state index contributed by atoms with van der Waals surface area (Å²) in [4.78, 5) is 24.9. The van der Waals surface area contributed by atoms with Gasteiger partial charge in [0.05, 0.1) is 6.04 Å². The van der Waals surface area contributed by atoms with Crippen LogP contribution in [0.5, 0.6) is 11.5 Å². The summed E-state index contributed by atoms with van der Waals surface area (Å²) in [5.74, 6) is -0.0964. The van der Waals surface area contributed by atoms with Crippen molar-refractivity contribution in [2.75, 3.05) is 12.5 Å². The monoisotopic (exact) mass is 465 g/mol. The van der Waals surface area contributed by atoms with E-state index < -0.39 is 28.0 Å². The van der Waals surface area contributed by atoms with Crippen LogP contribution in [0.4, 0.5) is 14.6 Å². The van der Waals surface area contributed by atoms with Crippen LogP contribution in [0.2, 0.25) is 0 Å². The van der Waals surface area contributed by atoms with Crippen LogP contribution in [-0.4, -0.2) is 53.7 Å². The highest BCUT2D eigenvalue weighted by atomic mass is 32.2. The van der Waals surface area contributed by atoms with Crippen molar-refractivity contribution in [2.24, 2.45) is 4.36 Å². The molecule has 4 rings (SSSR count). The lowest BCUT2D eigenvalue weighted by Crippen LogP contribution is -2.29. The maximum absolute atomic E-state index is 13.2. The van der Waals surface area contributed by atoms with E-state index in [9.17, 15) is 17.8 Å². The van der Waals surface area contributed by atoms with E-state index in [0.717, 1.165) is 6.07 Å². The van der Waals surface area contributed by atoms with Crippen molar-refractivity contribution in [3.8, 4) is 17.3 Å². The Morgan fingerprint density at radius 2 is 1.91 bits per heavy atom. The molecule has 0 spiro atoms. The van der Waals surface area contributed by atoms with Crippen LogP contribution in [0, 0.1) is 0 Å². The van der Waals surface area contributed by atoms with Crippen molar-refractivity contribution < 1.29 is 27.3 Å². The Kier molecular flexibility index (Phi) is 5.24. The second-order valence-corrected chi connectivity index (χ2v) is 9.61. The summed E-state index contributed by atoms with van der Waals surface area (Å²) in [5, 5.41) is 6.83. The Bertz CT molecular complexity index is 1310. The number of carbonyl (C=O) groups is 1. The SMILES string of the molecule is C[C@H](NC(=O)c1ccc2c(c1)OC(F)(F)O2)c1ncnn1-c1cc(N=S(C)(C)=O)ncn1. The Labute approximate surface area is 181 Å². The van der Waals surface area contributed by atoms with Crippen molar-refractivity contribution in [3.63, 3.8) is 0 Å². The first-order valence-electron chi connectivity index (χ1n) is 9.11. The van der Waals surface area contributed by atoms with Gasteiger partial charge < -0.3 is 14.8 Å². The fourth-order valence-electron chi connectivity index (χ4n) is 2.89.